The number of carboxylic acid groups (broad SMARTS) is 2. The van der Waals surface area contributed by atoms with Crippen molar-refractivity contribution in [2.24, 2.45) is 0 Å². The molecule has 3 aromatic carbocycles. The summed E-state index contributed by atoms with van der Waals surface area (Å²) in [4.78, 5) is 28.4. The van der Waals surface area contributed by atoms with Gasteiger partial charge in [-0.3, -0.25) is 4.79 Å². The highest BCUT2D eigenvalue weighted by Gasteiger charge is 2.21. The first kappa shape index (κ1) is 25.0. The van der Waals surface area contributed by atoms with Crippen molar-refractivity contribution in [3.8, 4) is 5.75 Å². The second-order valence-electron chi connectivity index (χ2n) is 9.21. The molecule has 0 spiro atoms. The Kier molecular flexibility index (Phi) is 7.06. The molecule has 0 aliphatic rings. The van der Waals surface area contributed by atoms with E-state index in [9.17, 15) is 24.9 Å². The number of nitrogens with zero attached hydrogens (tertiary/aromatic N) is 2. The standard InChI is InChI=1S/C30H27N3O5/c34-21-12-10-19(11-13-21)16-25(29(35)36)31-15-14-24-28-23(17-26(32-24)30(37)38)22-8-4-5-9-27(22)33(28)18-20-6-2-1-3-7-20/h1-13,17,25,31,34H,14-16,18H2,(H,35,36)(H,37,38)/t25-/m0/s1. The van der Waals surface area contributed by atoms with Gasteiger partial charge < -0.3 is 25.2 Å². The van der Waals surface area contributed by atoms with Crippen LogP contribution in [0.1, 0.15) is 27.3 Å². The summed E-state index contributed by atoms with van der Waals surface area (Å²) >= 11 is 0. The highest BCUT2D eigenvalue weighted by atomic mass is 16.4. The van der Waals surface area contributed by atoms with Crippen LogP contribution in [0.15, 0.2) is 84.9 Å². The summed E-state index contributed by atoms with van der Waals surface area (Å²) in [5.74, 6) is -1.99. The maximum atomic E-state index is 11.9. The molecule has 0 saturated heterocycles. The highest BCUT2D eigenvalue weighted by molar-refractivity contribution is 6.10. The van der Waals surface area contributed by atoms with E-state index in [1.54, 1.807) is 18.2 Å². The Morgan fingerprint density at radius 3 is 2.29 bits per heavy atom. The molecule has 5 aromatic rings. The van der Waals surface area contributed by atoms with Crippen molar-refractivity contribution >= 4 is 33.7 Å². The van der Waals surface area contributed by atoms with Crippen LogP contribution in [0.2, 0.25) is 0 Å². The van der Waals surface area contributed by atoms with Gasteiger partial charge in [-0.05, 0) is 41.8 Å². The van der Waals surface area contributed by atoms with Crippen molar-refractivity contribution in [1.82, 2.24) is 14.9 Å². The van der Waals surface area contributed by atoms with Gasteiger partial charge in [0, 0.05) is 35.8 Å². The number of aromatic nitrogens is 2. The van der Waals surface area contributed by atoms with E-state index >= 15 is 0 Å². The Bertz CT molecular complexity index is 1610. The number of aliphatic carboxylic acids is 1. The number of para-hydroxylation sites is 1. The van der Waals surface area contributed by atoms with Crippen LogP contribution in [0.3, 0.4) is 0 Å². The van der Waals surface area contributed by atoms with Crippen molar-refractivity contribution in [2.75, 3.05) is 6.54 Å². The minimum absolute atomic E-state index is 0.0472. The largest absolute Gasteiger partial charge is 0.508 e. The molecule has 0 amide bonds. The zero-order valence-corrected chi connectivity index (χ0v) is 20.5. The van der Waals surface area contributed by atoms with Crippen LogP contribution in [0, 0.1) is 0 Å². The number of rotatable bonds is 10. The fourth-order valence-corrected chi connectivity index (χ4v) is 4.85. The second kappa shape index (κ2) is 10.7. The summed E-state index contributed by atoms with van der Waals surface area (Å²) in [7, 11) is 0. The van der Waals surface area contributed by atoms with Gasteiger partial charge in [0.15, 0.2) is 0 Å². The summed E-state index contributed by atoms with van der Waals surface area (Å²) in [5.41, 5.74) is 4.23. The lowest BCUT2D eigenvalue weighted by Crippen LogP contribution is -2.39. The smallest absolute Gasteiger partial charge is 0.354 e. The molecule has 0 radical (unpaired) electrons. The van der Waals surface area contributed by atoms with E-state index in [2.05, 4.69) is 14.9 Å². The molecule has 8 heteroatoms. The van der Waals surface area contributed by atoms with Crippen molar-refractivity contribution in [3.05, 3.63) is 107 Å². The Morgan fingerprint density at radius 2 is 1.58 bits per heavy atom. The molecular formula is C30H27N3O5. The van der Waals surface area contributed by atoms with Crippen LogP contribution in [0.4, 0.5) is 0 Å². The zero-order valence-electron chi connectivity index (χ0n) is 20.5. The molecule has 192 valence electrons. The summed E-state index contributed by atoms with van der Waals surface area (Å²) in [6.45, 7) is 0.866. The van der Waals surface area contributed by atoms with Gasteiger partial charge in [-0.2, -0.15) is 0 Å². The van der Waals surface area contributed by atoms with E-state index in [1.165, 1.54) is 12.1 Å². The number of fused-ring (bicyclic) bond motifs is 3. The lowest BCUT2D eigenvalue weighted by atomic mass is 10.1. The second-order valence-corrected chi connectivity index (χ2v) is 9.21. The molecule has 2 heterocycles. The minimum Gasteiger partial charge on any atom is -0.508 e. The van der Waals surface area contributed by atoms with Crippen LogP contribution in [-0.4, -0.2) is 49.4 Å². The van der Waals surface area contributed by atoms with Crippen LogP contribution in [-0.2, 0) is 24.2 Å². The maximum Gasteiger partial charge on any atom is 0.354 e. The number of aromatic hydroxyl groups is 1. The Balaban J connectivity index is 1.50. The molecular weight excluding hydrogens is 482 g/mol. The average molecular weight is 510 g/mol. The number of phenolic OH excluding ortho intramolecular Hbond substituents is 1. The van der Waals surface area contributed by atoms with Crippen molar-refractivity contribution in [2.45, 2.75) is 25.4 Å². The Hall–Kier alpha value is -4.69. The number of carboxylic acids is 2. The van der Waals surface area contributed by atoms with Gasteiger partial charge in [0.25, 0.3) is 0 Å². The first-order valence-corrected chi connectivity index (χ1v) is 12.3. The SMILES string of the molecule is O=C(O)c1cc2c3ccccc3n(Cc3ccccc3)c2c(CCN[C@@H](Cc2ccc(O)cc2)C(=O)O)n1. The summed E-state index contributed by atoms with van der Waals surface area (Å²) < 4.78 is 2.15. The number of carbonyl (C=O) groups is 2. The first-order chi connectivity index (χ1) is 18.4. The number of hydrogen-bond acceptors (Lipinski definition) is 5. The van der Waals surface area contributed by atoms with Crippen LogP contribution < -0.4 is 5.32 Å². The van der Waals surface area contributed by atoms with Gasteiger partial charge in [0.2, 0.25) is 0 Å². The molecule has 0 saturated carbocycles. The molecule has 5 rings (SSSR count). The van der Waals surface area contributed by atoms with Crippen molar-refractivity contribution < 1.29 is 24.9 Å². The minimum atomic E-state index is -1.11. The quantitative estimate of drug-likeness (QED) is 0.219. The first-order valence-electron chi connectivity index (χ1n) is 12.3. The number of hydrogen-bond donors (Lipinski definition) is 4. The number of aromatic carboxylic acids is 1. The predicted octanol–water partition coefficient (Wildman–Crippen LogP) is 4.47. The number of phenols is 1. The fraction of sp³-hybridized carbons (Fsp3) is 0.167. The number of nitrogens with one attached hydrogen (secondary N) is 1. The zero-order chi connectivity index (χ0) is 26.6. The molecule has 0 fully saturated rings. The normalized spacial score (nSPS) is 12.1. The van der Waals surface area contributed by atoms with E-state index in [4.69, 9.17) is 0 Å². The average Bonchev–Trinajstić information content (AvgIpc) is 3.23. The third kappa shape index (κ3) is 5.21. The van der Waals surface area contributed by atoms with Gasteiger partial charge >= 0.3 is 11.9 Å². The van der Waals surface area contributed by atoms with Gasteiger partial charge in [0.05, 0.1) is 11.2 Å². The summed E-state index contributed by atoms with van der Waals surface area (Å²) in [6.07, 6.45) is 0.573. The molecule has 8 nitrogen and oxygen atoms in total. The van der Waals surface area contributed by atoms with Gasteiger partial charge in [0.1, 0.15) is 17.5 Å². The van der Waals surface area contributed by atoms with Crippen LogP contribution >= 0.6 is 0 Å². The summed E-state index contributed by atoms with van der Waals surface area (Å²) in [6, 6.07) is 25.1. The molecule has 0 bridgehead atoms. The Morgan fingerprint density at radius 1 is 0.868 bits per heavy atom. The highest BCUT2D eigenvalue weighted by Crippen LogP contribution is 2.32. The molecule has 0 aliphatic carbocycles. The Labute approximate surface area is 218 Å². The van der Waals surface area contributed by atoms with E-state index in [0.717, 1.165) is 32.9 Å². The molecule has 1 atom stereocenters. The lowest BCUT2D eigenvalue weighted by Gasteiger charge is -2.16. The van der Waals surface area contributed by atoms with Gasteiger partial charge in [-0.1, -0.05) is 60.7 Å². The number of benzene rings is 3. The summed E-state index contributed by atoms with van der Waals surface area (Å²) in [5, 5.41) is 33.9. The lowest BCUT2D eigenvalue weighted by molar-refractivity contribution is -0.139. The van der Waals surface area contributed by atoms with E-state index in [1.807, 2.05) is 54.6 Å². The third-order valence-corrected chi connectivity index (χ3v) is 6.65. The monoisotopic (exact) mass is 509 g/mol. The predicted molar refractivity (Wildman–Crippen MR) is 145 cm³/mol. The van der Waals surface area contributed by atoms with E-state index in [-0.39, 0.29) is 24.4 Å². The van der Waals surface area contributed by atoms with Crippen LogP contribution in [0.25, 0.3) is 21.8 Å². The fourth-order valence-electron chi connectivity index (χ4n) is 4.85. The van der Waals surface area contributed by atoms with Gasteiger partial charge in [-0.25, -0.2) is 9.78 Å². The van der Waals surface area contributed by atoms with E-state index in [0.29, 0.717) is 18.7 Å². The topological polar surface area (TPSA) is 125 Å². The van der Waals surface area contributed by atoms with Crippen molar-refractivity contribution in [1.29, 1.82) is 0 Å². The van der Waals surface area contributed by atoms with Gasteiger partial charge in [-0.15, -0.1) is 0 Å². The number of pyridine rings is 1. The molecule has 0 aliphatic heterocycles. The molecule has 0 unspecified atom stereocenters. The van der Waals surface area contributed by atoms with Crippen molar-refractivity contribution in [3.63, 3.8) is 0 Å². The molecule has 2 aromatic heterocycles. The van der Waals surface area contributed by atoms with E-state index < -0.39 is 18.0 Å². The molecule has 38 heavy (non-hydrogen) atoms. The third-order valence-electron chi connectivity index (χ3n) is 6.65. The molecule has 4 N–H and O–H groups in total. The van der Waals surface area contributed by atoms with Crippen LogP contribution in [0.5, 0.6) is 5.75 Å². The maximum absolute atomic E-state index is 11.9.